The van der Waals surface area contributed by atoms with Gasteiger partial charge in [0, 0.05) is 6.42 Å². The van der Waals surface area contributed by atoms with Crippen molar-refractivity contribution in [2.75, 3.05) is 0 Å². The summed E-state index contributed by atoms with van der Waals surface area (Å²) in [5.41, 5.74) is 8.72. The number of nitrogens with zero attached hydrogens (tertiary/aromatic N) is 2. The molecule has 4 heteroatoms. The lowest BCUT2D eigenvalue weighted by molar-refractivity contribution is 0.229. The highest BCUT2D eigenvalue weighted by Crippen LogP contribution is 2.36. The largest absolute Gasteiger partial charge is 0.339 e. The zero-order valence-corrected chi connectivity index (χ0v) is 13.7. The molecular weight excluding hydrogens is 274 g/mol. The first-order valence-corrected chi connectivity index (χ1v) is 8.08. The van der Waals surface area contributed by atoms with E-state index in [-0.39, 0.29) is 11.0 Å². The van der Waals surface area contributed by atoms with Gasteiger partial charge >= 0.3 is 0 Å². The van der Waals surface area contributed by atoms with Crippen LogP contribution in [0.25, 0.3) is 0 Å². The van der Waals surface area contributed by atoms with Crippen LogP contribution in [-0.2, 0) is 23.8 Å². The van der Waals surface area contributed by atoms with Crippen molar-refractivity contribution in [2.24, 2.45) is 5.73 Å². The molecule has 1 aromatic heterocycles. The van der Waals surface area contributed by atoms with Crippen LogP contribution in [0.5, 0.6) is 0 Å². The fourth-order valence-electron chi connectivity index (χ4n) is 2.76. The van der Waals surface area contributed by atoms with Crippen molar-refractivity contribution in [2.45, 2.75) is 63.8 Å². The summed E-state index contributed by atoms with van der Waals surface area (Å²) in [7, 11) is 0. The number of benzene rings is 1. The quantitative estimate of drug-likeness (QED) is 0.938. The Hall–Kier alpha value is -1.68. The molecule has 4 nitrogen and oxygen atoms in total. The Morgan fingerprint density at radius 2 is 1.82 bits per heavy atom. The van der Waals surface area contributed by atoms with Gasteiger partial charge in [0.1, 0.15) is 0 Å². The van der Waals surface area contributed by atoms with Crippen molar-refractivity contribution < 1.29 is 4.52 Å². The van der Waals surface area contributed by atoms with Gasteiger partial charge < -0.3 is 10.3 Å². The molecule has 1 aromatic carbocycles. The minimum Gasteiger partial charge on any atom is -0.339 e. The van der Waals surface area contributed by atoms with Gasteiger partial charge in [0.15, 0.2) is 5.82 Å². The Bertz CT molecular complexity index is 633. The first kappa shape index (κ1) is 15.2. The molecule has 1 heterocycles. The summed E-state index contributed by atoms with van der Waals surface area (Å²) in [6.07, 6.45) is 4.74. The standard InChI is InChI=1S/C18H25N3O/c1-17(2,3)14-8-5-13(6-9-14)7-10-15-20-16(21-22-15)18(19)11-4-12-18/h5-6,8-9H,4,7,10-12,19H2,1-3H3. The van der Waals surface area contributed by atoms with Crippen molar-refractivity contribution in [3.63, 3.8) is 0 Å². The van der Waals surface area contributed by atoms with Gasteiger partial charge in [-0.3, -0.25) is 0 Å². The van der Waals surface area contributed by atoms with Gasteiger partial charge in [-0.15, -0.1) is 0 Å². The van der Waals surface area contributed by atoms with Crippen LogP contribution >= 0.6 is 0 Å². The third-order valence-corrected chi connectivity index (χ3v) is 4.61. The summed E-state index contributed by atoms with van der Waals surface area (Å²) in [5.74, 6) is 1.36. The molecule has 22 heavy (non-hydrogen) atoms. The zero-order chi connectivity index (χ0) is 15.8. The Labute approximate surface area is 132 Å². The predicted molar refractivity (Wildman–Crippen MR) is 86.6 cm³/mol. The number of hydrogen-bond donors (Lipinski definition) is 1. The maximum Gasteiger partial charge on any atom is 0.227 e. The van der Waals surface area contributed by atoms with Gasteiger partial charge in [-0.25, -0.2) is 0 Å². The summed E-state index contributed by atoms with van der Waals surface area (Å²) in [4.78, 5) is 4.47. The fraction of sp³-hybridized carbons (Fsp3) is 0.556. The third-order valence-electron chi connectivity index (χ3n) is 4.61. The number of hydrogen-bond acceptors (Lipinski definition) is 4. The number of aryl methyl sites for hydroxylation is 2. The zero-order valence-electron chi connectivity index (χ0n) is 13.7. The highest BCUT2D eigenvalue weighted by atomic mass is 16.5. The lowest BCUT2D eigenvalue weighted by Gasteiger charge is -2.34. The minimum absolute atomic E-state index is 0.193. The molecule has 0 unspecified atom stereocenters. The van der Waals surface area contributed by atoms with Crippen molar-refractivity contribution in [1.82, 2.24) is 10.1 Å². The van der Waals surface area contributed by atoms with Gasteiger partial charge in [0.2, 0.25) is 5.89 Å². The van der Waals surface area contributed by atoms with Gasteiger partial charge in [-0.2, -0.15) is 4.98 Å². The summed E-state index contributed by atoms with van der Waals surface area (Å²) in [6.45, 7) is 6.68. The van der Waals surface area contributed by atoms with E-state index in [2.05, 4.69) is 55.2 Å². The second-order valence-corrected chi connectivity index (χ2v) is 7.47. The van der Waals surface area contributed by atoms with Gasteiger partial charge in [-0.05, 0) is 42.2 Å². The molecule has 0 bridgehead atoms. The smallest absolute Gasteiger partial charge is 0.227 e. The second kappa shape index (κ2) is 5.51. The van der Waals surface area contributed by atoms with E-state index in [9.17, 15) is 0 Å². The van der Waals surface area contributed by atoms with Gasteiger partial charge in [0.05, 0.1) is 5.54 Å². The average Bonchev–Trinajstić information content (AvgIpc) is 2.91. The van der Waals surface area contributed by atoms with Crippen LogP contribution in [0.1, 0.15) is 62.9 Å². The molecule has 1 aliphatic carbocycles. The van der Waals surface area contributed by atoms with Crippen LogP contribution in [0, 0.1) is 0 Å². The topological polar surface area (TPSA) is 64.9 Å². The summed E-state index contributed by atoms with van der Waals surface area (Å²) in [6, 6.07) is 8.79. The Kier molecular flexibility index (Phi) is 3.81. The maximum atomic E-state index is 6.22. The second-order valence-electron chi connectivity index (χ2n) is 7.47. The first-order valence-electron chi connectivity index (χ1n) is 8.08. The molecular formula is C18H25N3O. The SMILES string of the molecule is CC(C)(C)c1ccc(CCc2nc(C3(N)CCC3)no2)cc1. The van der Waals surface area contributed by atoms with E-state index < -0.39 is 0 Å². The van der Waals surface area contributed by atoms with Crippen molar-refractivity contribution in [1.29, 1.82) is 0 Å². The van der Waals surface area contributed by atoms with Gasteiger partial charge in [-0.1, -0.05) is 50.2 Å². The van der Waals surface area contributed by atoms with E-state index in [0.717, 1.165) is 32.1 Å². The summed E-state index contributed by atoms with van der Waals surface area (Å²) < 4.78 is 5.35. The van der Waals surface area contributed by atoms with Crippen LogP contribution in [0.2, 0.25) is 0 Å². The molecule has 1 saturated carbocycles. The molecule has 0 aliphatic heterocycles. The van der Waals surface area contributed by atoms with Crippen molar-refractivity contribution in [3.05, 3.63) is 47.1 Å². The molecule has 0 saturated heterocycles. The Morgan fingerprint density at radius 3 is 2.36 bits per heavy atom. The molecule has 3 rings (SSSR count). The third kappa shape index (κ3) is 3.07. The van der Waals surface area contributed by atoms with Crippen LogP contribution in [0.15, 0.2) is 28.8 Å². The molecule has 0 amide bonds. The number of nitrogens with two attached hydrogens (primary N) is 1. The Morgan fingerprint density at radius 1 is 1.14 bits per heavy atom. The molecule has 2 aromatic rings. The number of aromatic nitrogens is 2. The van der Waals surface area contributed by atoms with E-state index >= 15 is 0 Å². The lowest BCUT2D eigenvalue weighted by atomic mass is 9.77. The normalized spacial score (nSPS) is 17.3. The van der Waals surface area contributed by atoms with Gasteiger partial charge in [0.25, 0.3) is 0 Å². The van der Waals surface area contributed by atoms with Crippen molar-refractivity contribution in [3.8, 4) is 0 Å². The van der Waals surface area contributed by atoms with Crippen LogP contribution in [0.3, 0.4) is 0 Å². The first-order chi connectivity index (χ1) is 10.4. The molecule has 1 fully saturated rings. The monoisotopic (exact) mass is 299 g/mol. The predicted octanol–water partition coefficient (Wildman–Crippen LogP) is 3.49. The number of rotatable bonds is 4. The maximum absolute atomic E-state index is 6.22. The fourth-order valence-corrected chi connectivity index (χ4v) is 2.76. The van der Waals surface area contributed by atoms with Crippen LogP contribution in [-0.4, -0.2) is 10.1 Å². The minimum atomic E-state index is -0.337. The molecule has 0 spiro atoms. The highest BCUT2D eigenvalue weighted by Gasteiger charge is 2.38. The van der Waals surface area contributed by atoms with E-state index in [4.69, 9.17) is 10.3 Å². The van der Waals surface area contributed by atoms with E-state index in [1.54, 1.807) is 0 Å². The average molecular weight is 299 g/mol. The van der Waals surface area contributed by atoms with Crippen molar-refractivity contribution >= 4 is 0 Å². The molecule has 118 valence electrons. The van der Waals surface area contributed by atoms with Crippen LogP contribution < -0.4 is 5.73 Å². The molecule has 1 aliphatic rings. The molecule has 0 atom stereocenters. The summed E-state index contributed by atoms with van der Waals surface area (Å²) >= 11 is 0. The van der Waals surface area contributed by atoms with E-state index in [1.165, 1.54) is 11.1 Å². The van der Waals surface area contributed by atoms with Crippen LogP contribution in [0.4, 0.5) is 0 Å². The summed E-state index contributed by atoms with van der Waals surface area (Å²) in [5, 5.41) is 4.06. The highest BCUT2D eigenvalue weighted by molar-refractivity contribution is 5.27. The molecule has 0 radical (unpaired) electrons. The molecule has 2 N–H and O–H groups in total. The Balaban J connectivity index is 1.61. The lowest BCUT2D eigenvalue weighted by Crippen LogP contribution is -2.44. The van der Waals surface area contributed by atoms with E-state index in [1.807, 2.05) is 0 Å². The van der Waals surface area contributed by atoms with E-state index in [0.29, 0.717) is 11.7 Å².